The van der Waals surface area contributed by atoms with Crippen LogP contribution in [0.4, 0.5) is 8.78 Å². The molecular weight excluding hydrogens is 288 g/mol. The minimum atomic E-state index is -3.07. The first kappa shape index (κ1) is 15.1. The average Bonchev–Trinajstić information content (AvgIpc) is 2.35. The molecule has 20 heavy (non-hydrogen) atoms. The SMILES string of the molecule is CC1CS(=O)(=O)CCN1CC(=O)c1cc(F)ccc1F. The molecule has 0 aliphatic carbocycles. The summed E-state index contributed by atoms with van der Waals surface area (Å²) in [5.74, 6) is -2.03. The molecule has 2 rings (SSSR count). The molecule has 1 aliphatic heterocycles. The molecule has 1 atom stereocenters. The van der Waals surface area contributed by atoms with Gasteiger partial charge < -0.3 is 0 Å². The molecule has 1 fully saturated rings. The predicted octanol–water partition coefficient (Wildman–Crippen LogP) is 1.27. The number of ketones is 1. The molecule has 4 nitrogen and oxygen atoms in total. The van der Waals surface area contributed by atoms with E-state index in [4.69, 9.17) is 0 Å². The maximum atomic E-state index is 13.5. The Labute approximate surface area is 116 Å². The van der Waals surface area contributed by atoms with Crippen LogP contribution in [0, 0.1) is 11.6 Å². The first-order chi connectivity index (χ1) is 9.28. The van der Waals surface area contributed by atoms with E-state index in [1.807, 2.05) is 0 Å². The lowest BCUT2D eigenvalue weighted by molar-refractivity contribution is 0.0904. The maximum absolute atomic E-state index is 13.5. The van der Waals surface area contributed by atoms with Crippen LogP contribution in [0.15, 0.2) is 18.2 Å². The molecule has 1 unspecified atom stereocenters. The number of rotatable bonds is 3. The van der Waals surface area contributed by atoms with Crippen LogP contribution < -0.4 is 0 Å². The quantitative estimate of drug-likeness (QED) is 0.789. The van der Waals surface area contributed by atoms with Crippen molar-refractivity contribution >= 4 is 15.6 Å². The molecule has 0 radical (unpaired) electrons. The number of carbonyl (C=O) groups is 1. The van der Waals surface area contributed by atoms with Gasteiger partial charge in [0.2, 0.25) is 0 Å². The Balaban J connectivity index is 2.10. The Morgan fingerprint density at radius 1 is 1.40 bits per heavy atom. The molecule has 1 aromatic carbocycles. The van der Waals surface area contributed by atoms with E-state index in [1.54, 1.807) is 11.8 Å². The van der Waals surface area contributed by atoms with Crippen molar-refractivity contribution < 1.29 is 22.0 Å². The van der Waals surface area contributed by atoms with Crippen molar-refractivity contribution in [1.82, 2.24) is 4.90 Å². The van der Waals surface area contributed by atoms with E-state index in [1.165, 1.54) is 0 Å². The van der Waals surface area contributed by atoms with E-state index in [0.29, 0.717) is 0 Å². The minimum Gasteiger partial charge on any atom is -0.293 e. The Morgan fingerprint density at radius 3 is 2.75 bits per heavy atom. The van der Waals surface area contributed by atoms with E-state index >= 15 is 0 Å². The summed E-state index contributed by atoms with van der Waals surface area (Å²) in [5.41, 5.74) is -0.300. The number of hydrogen-bond acceptors (Lipinski definition) is 4. The van der Waals surface area contributed by atoms with Crippen LogP contribution in [-0.2, 0) is 9.84 Å². The first-order valence-corrected chi connectivity index (χ1v) is 8.03. The summed E-state index contributed by atoms with van der Waals surface area (Å²) in [6, 6.07) is 2.41. The van der Waals surface area contributed by atoms with Crippen molar-refractivity contribution in [2.45, 2.75) is 13.0 Å². The summed E-state index contributed by atoms with van der Waals surface area (Å²) < 4.78 is 49.4. The van der Waals surface area contributed by atoms with Crippen molar-refractivity contribution in [3.8, 4) is 0 Å². The van der Waals surface area contributed by atoms with Gasteiger partial charge in [0.1, 0.15) is 11.6 Å². The average molecular weight is 303 g/mol. The zero-order valence-corrected chi connectivity index (χ0v) is 11.8. The standard InChI is InChI=1S/C13H15F2NO3S/c1-9-8-20(18,19)5-4-16(9)7-13(17)11-6-10(14)2-3-12(11)15/h2-3,6,9H,4-5,7-8H2,1H3. The van der Waals surface area contributed by atoms with Crippen LogP contribution in [0.25, 0.3) is 0 Å². The fraction of sp³-hybridized carbons (Fsp3) is 0.462. The topological polar surface area (TPSA) is 54.5 Å². The lowest BCUT2D eigenvalue weighted by Crippen LogP contribution is -2.48. The van der Waals surface area contributed by atoms with E-state index in [-0.39, 0.29) is 36.2 Å². The molecule has 7 heteroatoms. The Kier molecular flexibility index (Phi) is 4.19. The molecule has 1 saturated heterocycles. The van der Waals surface area contributed by atoms with E-state index in [0.717, 1.165) is 18.2 Å². The van der Waals surface area contributed by atoms with Gasteiger partial charge in [-0.1, -0.05) is 0 Å². The second-order valence-electron chi connectivity index (χ2n) is 4.98. The molecule has 0 amide bonds. The lowest BCUT2D eigenvalue weighted by atomic mass is 10.1. The summed E-state index contributed by atoms with van der Waals surface area (Å²) in [7, 11) is -3.07. The number of sulfone groups is 1. The van der Waals surface area contributed by atoms with Crippen molar-refractivity contribution in [3.05, 3.63) is 35.4 Å². The van der Waals surface area contributed by atoms with Gasteiger partial charge in [-0.25, -0.2) is 17.2 Å². The first-order valence-electron chi connectivity index (χ1n) is 6.21. The smallest absolute Gasteiger partial charge is 0.179 e. The molecule has 0 N–H and O–H groups in total. The van der Waals surface area contributed by atoms with Crippen LogP contribution in [0.3, 0.4) is 0 Å². The number of hydrogen-bond donors (Lipinski definition) is 0. The van der Waals surface area contributed by atoms with Crippen molar-refractivity contribution in [2.24, 2.45) is 0 Å². The normalized spacial score (nSPS) is 22.6. The van der Waals surface area contributed by atoms with Gasteiger partial charge in [-0.15, -0.1) is 0 Å². The van der Waals surface area contributed by atoms with Gasteiger partial charge in [0.15, 0.2) is 15.6 Å². The van der Waals surface area contributed by atoms with Gasteiger partial charge >= 0.3 is 0 Å². The van der Waals surface area contributed by atoms with E-state index < -0.39 is 27.3 Å². The van der Waals surface area contributed by atoms with E-state index in [9.17, 15) is 22.0 Å². The molecule has 1 heterocycles. The van der Waals surface area contributed by atoms with Gasteiger partial charge in [-0.2, -0.15) is 0 Å². The van der Waals surface area contributed by atoms with Crippen LogP contribution >= 0.6 is 0 Å². The van der Waals surface area contributed by atoms with Crippen LogP contribution in [-0.4, -0.2) is 49.7 Å². The number of Topliss-reactive ketones (excluding diaryl/α,β-unsaturated/α-hetero) is 1. The van der Waals surface area contributed by atoms with Gasteiger partial charge in [0, 0.05) is 12.6 Å². The van der Waals surface area contributed by atoms with Gasteiger partial charge in [-0.05, 0) is 25.1 Å². The maximum Gasteiger partial charge on any atom is 0.179 e. The van der Waals surface area contributed by atoms with E-state index in [2.05, 4.69) is 0 Å². The van der Waals surface area contributed by atoms with Gasteiger partial charge in [0.05, 0.1) is 23.6 Å². The highest BCUT2D eigenvalue weighted by molar-refractivity contribution is 7.91. The van der Waals surface area contributed by atoms with Crippen LogP contribution in [0.5, 0.6) is 0 Å². The predicted molar refractivity (Wildman–Crippen MR) is 70.4 cm³/mol. The highest BCUT2D eigenvalue weighted by atomic mass is 32.2. The van der Waals surface area contributed by atoms with Gasteiger partial charge in [-0.3, -0.25) is 9.69 Å². The third kappa shape index (κ3) is 3.40. The lowest BCUT2D eigenvalue weighted by Gasteiger charge is -2.32. The summed E-state index contributed by atoms with van der Waals surface area (Å²) in [4.78, 5) is 13.7. The largest absolute Gasteiger partial charge is 0.293 e. The molecule has 1 aromatic rings. The van der Waals surface area contributed by atoms with Crippen LogP contribution in [0.2, 0.25) is 0 Å². The zero-order valence-electron chi connectivity index (χ0n) is 11.0. The number of nitrogens with zero attached hydrogens (tertiary/aromatic N) is 1. The van der Waals surface area contributed by atoms with Gasteiger partial charge in [0.25, 0.3) is 0 Å². The van der Waals surface area contributed by atoms with Crippen molar-refractivity contribution in [3.63, 3.8) is 0 Å². The summed E-state index contributed by atoms with van der Waals surface area (Å²) >= 11 is 0. The molecule has 0 spiro atoms. The number of benzene rings is 1. The molecule has 0 aromatic heterocycles. The fourth-order valence-electron chi connectivity index (χ4n) is 2.25. The monoisotopic (exact) mass is 303 g/mol. The second kappa shape index (κ2) is 5.57. The number of halogens is 2. The molecule has 0 saturated carbocycles. The number of carbonyl (C=O) groups excluding carboxylic acids is 1. The molecule has 110 valence electrons. The molecule has 0 bridgehead atoms. The Morgan fingerprint density at radius 2 is 2.10 bits per heavy atom. The summed E-state index contributed by atoms with van der Waals surface area (Å²) in [6.45, 7) is 1.81. The molecule has 1 aliphatic rings. The molecular formula is C13H15F2NO3S. The Bertz CT molecular complexity index is 631. The fourth-order valence-corrected chi connectivity index (χ4v) is 3.87. The third-order valence-electron chi connectivity index (χ3n) is 3.38. The van der Waals surface area contributed by atoms with Crippen molar-refractivity contribution in [2.75, 3.05) is 24.6 Å². The summed E-state index contributed by atoms with van der Waals surface area (Å²) in [6.07, 6.45) is 0. The summed E-state index contributed by atoms with van der Waals surface area (Å²) in [5, 5.41) is 0. The van der Waals surface area contributed by atoms with Crippen molar-refractivity contribution in [1.29, 1.82) is 0 Å². The Hall–Kier alpha value is -1.34. The second-order valence-corrected chi connectivity index (χ2v) is 7.21. The zero-order chi connectivity index (χ0) is 14.9. The highest BCUT2D eigenvalue weighted by Gasteiger charge is 2.29. The highest BCUT2D eigenvalue weighted by Crippen LogP contribution is 2.15. The minimum absolute atomic E-state index is 0.0176. The third-order valence-corrected chi connectivity index (χ3v) is 5.18. The van der Waals surface area contributed by atoms with Crippen LogP contribution in [0.1, 0.15) is 17.3 Å².